The van der Waals surface area contributed by atoms with Crippen LogP contribution in [0.15, 0.2) is 18.2 Å². The Bertz CT molecular complexity index is 446. The molecular weight excluding hydrogens is 242 g/mol. The van der Waals surface area contributed by atoms with Crippen LogP contribution in [0.1, 0.15) is 10.4 Å². The molecule has 0 atom stereocenters. The lowest BCUT2D eigenvalue weighted by Crippen LogP contribution is -2.36. The number of likely N-dealkylation sites (N-methyl/N-ethyl adjacent to an activating group) is 1. The monoisotopic (exact) mass is 255 g/mol. The molecule has 3 N–H and O–H groups in total. The first-order valence-corrected chi connectivity index (χ1v) is 5.33. The number of nitrogen functional groups attached to an aromatic ring is 1. The summed E-state index contributed by atoms with van der Waals surface area (Å²) in [5, 5.41) is 2.67. The number of halogens is 1. The van der Waals surface area contributed by atoms with Gasteiger partial charge in [0.1, 0.15) is 0 Å². The molecule has 5 nitrogen and oxygen atoms in total. The summed E-state index contributed by atoms with van der Waals surface area (Å²) >= 11 is 5.88. The van der Waals surface area contributed by atoms with E-state index in [0.29, 0.717) is 5.69 Å². The fraction of sp³-hybridized carbons (Fsp3) is 0.273. The molecule has 0 bridgehead atoms. The van der Waals surface area contributed by atoms with E-state index in [4.69, 9.17) is 17.3 Å². The minimum absolute atomic E-state index is 0.0725. The molecule has 6 heteroatoms. The van der Waals surface area contributed by atoms with Crippen LogP contribution in [0.25, 0.3) is 0 Å². The Kier molecular flexibility index (Phi) is 4.34. The fourth-order valence-electron chi connectivity index (χ4n) is 1.13. The summed E-state index contributed by atoms with van der Waals surface area (Å²) < 4.78 is 0. The second kappa shape index (κ2) is 5.54. The Labute approximate surface area is 105 Å². The minimum Gasteiger partial charge on any atom is -0.398 e. The molecule has 0 unspecified atom stereocenters. The van der Waals surface area contributed by atoms with Crippen molar-refractivity contribution in [1.82, 2.24) is 10.2 Å². The highest BCUT2D eigenvalue weighted by atomic mass is 35.5. The van der Waals surface area contributed by atoms with Gasteiger partial charge in [0.25, 0.3) is 5.91 Å². The number of rotatable bonds is 3. The number of carbonyl (C=O) groups is 2. The van der Waals surface area contributed by atoms with E-state index in [-0.39, 0.29) is 23.0 Å². The van der Waals surface area contributed by atoms with Crippen LogP contribution in [-0.4, -0.2) is 37.4 Å². The minimum atomic E-state index is -0.419. The molecule has 2 amide bonds. The highest BCUT2D eigenvalue weighted by Gasteiger charge is 2.13. The predicted octanol–water partition coefficient (Wildman–Crippen LogP) is 0.740. The van der Waals surface area contributed by atoms with Crippen molar-refractivity contribution in [2.45, 2.75) is 0 Å². The first kappa shape index (κ1) is 13.3. The van der Waals surface area contributed by atoms with Crippen LogP contribution in [-0.2, 0) is 4.79 Å². The summed E-state index contributed by atoms with van der Waals surface area (Å²) in [6.45, 7) is -0.0725. The van der Waals surface area contributed by atoms with E-state index in [1.165, 1.54) is 4.90 Å². The number of carbonyl (C=O) groups excluding carboxylic acids is 2. The van der Waals surface area contributed by atoms with Crippen LogP contribution < -0.4 is 11.1 Å². The van der Waals surface area contributed by atoms with E-state index in [1.807, 2.05) is 0 Å². The van der Waals surface area contributed by atoms with E-state index in [0.717, 1.165) is 0 Å². The van der Waals surface area contributed by atoms with Crippen LogP contribution in [0.4, 0.5) is 5.69 Å². The number of nitrogens with zero attached hydrogens (tertiary/aromatic N) is 1. The first-order valence-electron chi connectivity index (χ1n) is 4.96. The van der Waals surface area contributed by atoms with Gasteiger partial charge in [0, 0.05) is 14.1 Å². The Balaban J connectivity index is 2.71. The van der Waals surface area contributed by atoms with E-state index < -0.39 is 5.91 Å². The van der Waals surface area contributed by atoms with Gasteiger partial charge in [0.05, 0.1) is 22.8 Å². The van der Waals surface area contributed by atoms with E-state index in [1.54, 1.807) is 32.3 Å². The average Bonchev–Trinajstić information content (AvgIpc) is 2.29. The standard InChI is InChI=1S/C11H14ClN3O2/c1-15(2)9(16)6-14-11(17)7-4-3-5-8(13)10(7)12/h3-5H,6,13H2,1-2H3,(H,14,17). The van der Waals surface area contributed by atoms with E-state index >= 15 is 0 Å². The van der Waals surface area contributed by atoms with Gasteiger partial charge in [0.15, 0.2) is 0 Å². The Morgan fingerprint density at radius 2 is 2.06 bits per heavy atom. The van der Waals surface area contributed by atoms with Gasteiger partial charge in [0.2, 0.25) is 5.91 Å². The van der Waals surface area contributed by atoms with Crippen LogP contribution in [0.3, 0.4) is 0 Å². The van der Waals surface area contributed by atoms with Crippen molar-refractivity contribution in [2.75, 3.05) is 26.4 Å². The highest BCUT2D eigenvalue weighted by molar-refractivity contribution is 6.36. The van der Waals surface area contributed by atoms with Crippen LogP contribution in [0.2, 0.25) is 5.02 Å². The second-order valence-corrected chi connectivity index (χ2v) is 4.06. The first-order chi connectivity index (χ1) is 7.93. The molecule has 0 aliphatic rings. The second-order valence-electron chi connectivity index (χ2n) is 3.68. The molecule has 1 rings (SSSR count). The topological polar surface area (TPSA) is 75.4 Å². The molecule has 1 aromatic rings. The van der Waals surface area contributed by atoms with Gasteiger partial charge in [-0.25, -0.2) is 0 Å². The van der Waals surface area contributed by atoms with Crippen molar-refractivity contribution in [2.24, 2.45) is 0 Å². The molecule has 0 aliphatic heterocycles. The number of nitrogens with one attached hydrogen (secondary N) is 1. The van der Waals surface area contributed by atoms with Gasteiger partial charge in [-0.3, -0.25) is 9.59 Å². The third-order valence-corrected chi connectivity index (χ3v) is 2.59. The molecule has 0 fully saturated rings. The molecule has 92 valence electrons. The predicted molar refractivity (Wildman–Crippen MR) is 66.9 cm³/mol. The number of hydrogen-bond acceptors (Lipinski definition) is 3. The summed E-state index contributed by atoms with van der Waals surface area (Å²) in [4.78, 5) is 24.4. The fourth-order valence-corrected chi connectivity index (χ4v) is 1.35. The van der Waals surface area contributed by atoms with Crippen molar-refractivity contribution < 1.29 is 9.59 Å². The van der Waals surface area contributed by atoms with Gasteiger partial charge < -0.3 is 16.0 Å². The zero-order valence-corrected chi connectivity index (χ0v) is 10.4. The van der Waals surface area contributed by atoms with E-state index in [2.05, 4.69) is 5.32 Å². The van der Waals surface area contributed by atoms with E-state index in [9.17, 15) is 9.59 Å². The van der Waals surface area contributed by atoms with Gasteiger partial charge in [-0.05, 0) is 12.1 Å². The Hall–Kier alpha value is -1.75. The average molecular weight is 256 g/mol. The van der Waals surface area contributed by atoms with Crippen molar-refractivity contribution >= 4 is 29.1 Å². The molecule has 0 aromatic heterocycles. The summed E-state index contributed by atoms with van der Waals surface area (Å²) in [6.07, 6.45) is 0. The van der Waals surface area contributed by atoms with Crippen LogP contribution >= 0.6 is 11.6 Å². The number of hydrogen-bond donors (Lipinski definition) is 2. The van der Waals surface area contributed by atoms with Gasteiger partial charge >= 0.3 is 0 Å². The summed E-state index contributed by atoms with van der Waals surface area (Å²) in [5.41, 5.74) is 6.17. The lowest BCUT2D eigenvalue weighted by Gasteiger charge is -2.11. The van der Waals surface area contributed by atoms with Crippen molar-refractivity contribution in [3.8, 4) is 0 Å². The molecule has 0 aliphatic carbocycles. The quantitative estimate of drug-likeness (QED) is 0.783. The number of benzene rings is 1. The Morgan fingerprint density at radius 1 is 1.41 bits per heavy atom. The SMILES string of the molecule is CN(C)C(=O)CNC(=O)c1cccc(N)c1Cl. The molecule has 0 spiro atoms. The van der Waals surface area contributed by atoms with Crippen molar-refractivity contribution in [3.63, 3.8) is 0 Å². The third-order valence-electron chi connectivity index (χ3n) is 2.17. The van der Waals surface area contributed by atoms with Gasteiger partial charge in [-0.1, -0.05) is 17.7 Å². The zero-order valence-electron chi connectivity index (χ0n) is 9.66. The number of nitrogens with two attached hydrogens (primary N) is 1. The van der Waals surface area contributed by atoms with Crippen LogP contribution in [0, 0.1) is 0 Å². The highest BCUT2D eigenvalue weighted by Crippen LogP contribution is 2.22. The summed E-state index contributed by atoms with van der Waals surface area (Å²) in [6, 6.07) is 4.78. The van der Waals surface area contributed by atoms with Gasteiger partial charge in [-0.2, -0.15) is 0 Å². The lowest BCUT2D eigenvalue weighted by molar-refractivity contribution is -0.127. The largest absolute Gasteiger partial charge is 0.398 e. The van der Waals surface area contributed by atoms with Crippen molar-refractivity contribution in [3.05, 3.63) is 28.8 Å². The third kappa shape index (κ3) is 3.35. The maximum atomic E-state index is 11.7. The molecule has 0 heterocycles. The molecule has 0 saturated heterocycles. The summed E-state index contributed by atoms with van der Waals surface area (Å²) in [5.74, 6) is -0.615. The molecular formula is C11H14ClN3O2. The zero-order chi connectivity index (χ0) is 13.0. The maximum Gasteiger partial charge on any atom is 0.253 e. The molecule has 17 heavy (non-hydrogen) atoms. The molecule has 0 saturated carbocycles. The van der Waals surface area contributed by atoms with Gasteiger partial charge in [-0.15, -0.1) is 0 Å². The lowest BCUT2D eigenvalue weighted by atomic mass is 10.2. The van der Waals surface area contributed by atoms with Crippen molar-refractivity contribution in [1.29, 1.82) is 0 Å². The normalized spacial score (nSPS) is 9.82. The maximum absolute atomic E-state index is 11.7. The van der Waals surface area contributed by atoms with Crippen LogP contribution in [0.5, 0.6) is 0 Å². The number of amides is 2. The molecule has 1 aromatic carbocycles. The summed E-state index contributed by atoms with van der Waals surface area (Å²) in [7, 11) is 3.23. The Morgan fingerprint density at radius 3 is 2.65 bits per heavy atom. The smallest absolute Gasteiger partial charge is 0.253 e. The number of anilines is 1. The molecule has 0 radical (unpaired) electrons.